The molecule has 2 rings (SSSR count). The highest BCUT2D eigenvalue weighted by Gasteiger charge is 2.13. The molecule has 0 atom stereocenters. The summed E-state index contributed by atoms with van der Waals surface area (Å²) in [4.78, 5) is 13.1. The minimum atomic E-state index is -3.52. The molecule has 0 fully saturated rings. The Morgan fingerprint density at radius 3 is 2.56 bits per heavy atom. The molecule has 96 valence electrons. The van der Waals surface area contributed by atoms with Gasteiger partial charge in [-0.05, 0) is 5.56 Å². The van der Waals surface area contributed by atoms with E-state index in [-0.39, 0.29) is 18.1 Å². The van der Waals surface area contributed by atoms with Gasteiger partial charge < -0.3 is 0 Å². The van der Waals surface area contributed by atoms with Gasteiger partial charge in [0.15, 0.2) is 0 Å². The molecule has 0 aliphatic heterocycles. The summed E-state index contributed by atoms with van der Waals surface area (Å²) in [6, 6.07) is 9.15. The number of aromatic amines is 2. The van der Waals surface area contributed by atoms with Crippen LogP contribution in [0.3, 0.4) is 0 Å². The molecule has 2 aromatic rings. The molecule has 1 aromatic heterocycles. The van der Waals surface area contributed by atoms with Gasteiger partial charge in [0.2, 0.25) is 10.0 Å². The van der Waals surface area contributed by atoms with E-state index in [1.165, 1.54) is 0 Å². The standard InChI is InChI=1S/C10H12N4O3S/c15-10-12-9(13-14-10)7-18(16,17)11-6-8-4-2-1-3-5-8/h1-5,11H,6-7H2,(H2,12,13,14,15). The van der Waals surface area contributed by atoms with E-state index in [1.54, 1.807) is 0 Å². The normalized spacial score (nSPS) is 11.6. The topological polar surface area (TPSA) is 108 Å². The molecule has 0 amide bonds. The molecule has 0 saturated heterocycles. The molecular formula is C10H12N4O3S. The van der Waals surface area contributed by atoms with Crippen molar-refractivity contribution in [1.82, 2.24) is 19.9 Å². The van der Waals surface area contributed by atoms with Gasteiger partial charge in [0, 0.05) is 6.54 Å². The SMILES string of the molecule is O=c1[nH]nc(CS(=O)(=O)NCc2ccccc2)[nH]1. The van der Waals surface area contributed by atoms with Gasteiger partial charge in [-0.25, -0.2) is 23.0 Å². The number of benzene rings is 1. The third-order valence-corrected chi connectivity index (χ3v) is 3.45. The first-order valence-electron chi connectivity index (χ1n) is 5.20. The highest BCUT2D eigenvalue weighted by atomic mass is 32.2. The Hall–Kier alpha value is -1.93. The van der Waals surface area contributed by atoms with Crippen LogP contribution in [0, 0.1) is 0 Å². The lowest BCUT2D eigenvalue weighted by atomic mass is 10.2. The minimum absolute atomic E-state index is 0.0839. The van der Waals surface area contributed by atoms with Crippen LogP contribution in [0.15, 0.2) is 35.1 Å². The largest absolute Gasteiger partial charge is 0.340 e. The monoisotopic (exact) mass is 268 g/mol. The highest BCUT2D eigenvalue weighted by Crippen LogP contribution is 2.00. The summed E-state index contributed by atoms with van der Waals surface area (Å²) >= 11 is 0. The Kier molecular flexibility index (Phi) is 3.58. The number of aromatic nitrogens is 3. The van der Waals surface area contributed by atoms with Crippen LogP contribution in [-0.2, 0) is 22.3 Å². The third kappa shape index (κ3) is 3.54. The second-order valence-electron chi connectivity index (χ2n) is 3.69. The van der Waals surface area contributed by atoms with Crippen molar-refractivity contribution in [2.24, 2.45) is 0 Å². The first-order chi connectivity index (χ1) is 8.55. The summed E-state index contributed by atoms with van der Waals surface area (Å²) in [7, 11) is -3.52. The predicted octanol–water partition coefficient (Wildman–Crippen LogP) is -0.282. The maximum Gasteiger partial charge on any atom is 0.340 e. The van der Waals surface area contributed by atoms with Crippen LogP contribution >= 0.6 is 0 Å². The van der Waals surface area contributed by atoms with E-state index in [0.717, 1.165) is 5.56 Å². The van der Waals surface area contributed by atoms with E-state index in [1.807, 2.05) is 30.3 Å². The lowest BCUT2D eigenvalue weighted by Gasteiger charge is -2.04. The second kappa shape index (κ2) is 5.15. The zero-order valence-corrected chi connectivity index (χ0v) is 10.2. The number of sulfonamides is 1. The van der Waals surface area contributed by atoms with Crippen LogP contribution in [0.4, 0.5) is 0 Å². The van der Waals surface area contributed by atoms with E-state index in [0.29, 0.717) is 0 Å². The van der Waals surface area contributed by atoms with E-state index < -0.39 is 15.7 Å². The third-order valence-electron chi connectivity index (χ3n) is 2.22. The van der Waals surface area contributed by atoms with Crippen LogP contribution in [-0.4, -0.2) is 23.6 Å². The lowest BCUT2D eigenvalue weighted by Crippen LogP contribution is -2.25. The maximum atomic E-state index is 11.7. The first kappa shape index (κ1) is 12.5. The molecule has 8 heteroatoms. The van der Waals surface area contributed by atoms with E-state index >= 15 is 0 Å². The minimum Gasteiger partial charge on any atom is -0.292 e. The fraction of sp³-hybridized carbons (Fsp3) is 0.200. The van der Waals surface area contributed by atoms with Crippen molar-refractivity contribution in [3.05, 3.63) is 52.2 Å². The van der Waals surface area contributed by atoms with Gasteiger partial charge in [0.05, 0.1) is 0 Å². The number of nitrogens with zero attached hydrogens (tertiary/aromatic N) is 1. The maximum absolute atomic E-state index is 11.7. The van der Waals surface area contributed by atoms with Crippen LogP contribution in [0.1, 0.15) is 11.4 Å². The Bertz CT molecular complexity index is 660. The number of hydrogen-bond acceptors (Lipinski definition) is 4. The fourth-order valence-electron chi connectivity index (χ4n) is 1.39. The van der Waals surface area contributed by atoms with Crippen molar-refractivity contribution in [1.29, 1.82) is 0 Å². The van der Waals surface area contributed by atoms with Crippen LogP contribution in [0.5, 0.6) is 0 Å². The molecule has 0 saturated carbocycles. The smallest absolute Gasteiger partial charge is 0.292 e. The molecule has 3 N–H and O–H groups in total. The zero-order chi connectivity index (χ0) is 13.0. The molecule has 0 spiro atoms. The Morgan fingerprint density at radius 2 is 1.94 bits per heavy atom. The van der Waals surface area contributed by atoms with Gasteiger partial charge >= 0.3 is 5.69 Å². The van der Waals surface area contributed by atoms with Crippen molar-refractivity contribution >= 4 is 10.0 Å². The quantitative estimate of drug-likeness (QED) is 0.693. The first-order valence-corrected chi connectivity index (χ1v) is 6.85. The average Bonchev–Trinajstić information content (AvgIpc) is 2.73. The van der Waals surface area contributed by atoms with E-state index in [4.69, 9.17) is 0 Å². The lowest BCUT2D eigenvalue weighted by molar-refractivity contribution is 0.579. The molecular weight excluding hydrogens is 256 g/mol. The molecule has 0 radical (unpaired) electrons. The summed E-state index contributed by atoms with van der Waals surface area (Å²) in [5, 5.41) is 5.66. The van der Waals surface area contributed by atoms with Gasteiger partial charge in [-0.15, -0.1) is 0 Å². The molecule has 18 heavy (non-hydrogen) atoms. The number of rotatable bonds is 5. The van der Waals surface area contributed by atoms with Crippen molar-refractivity contribution < 1.29 is 8.42 Å². The van der Waals surface area contributed by atoms with Crippen LogP contribution < -0.4 is 10.4 Å². The molecule has 0 aliphatic rings. The second-order valence-corrected chi connectivity index (χ2v) is 5.50. The number of nitrogens with one attached hydrogen (secondary N) is 3. The Morgan fingerprint density at radius 1 is 1.22 bits per heavy atom. The predicted molar refractivity (Wildman–Crippen MR) is 65.1 cm³/mol. The summed E-state index contributed by atoms with van der Waals surface area (Å²) in [6.07, 6.45) is 0. The Balaban J connectivity index is 1.98. The average molecular weight is 268 g/mol. The molecule has 7 nitrogen and oxygen atoms in total. The summed E-state index contributed by atoms with van der Waals surface area (Å²) in [5.74, 6) is -0.279. The van der Waals surface area contributed by atoms with Crippen molar-refractivity contribution in [2.45, 2.75) is 12.3 Å². The van der Waals surface area contributed by atoms with E-state index in [9.17, 15) is 13.2 Å². The van der Waals surface area contributed by atoms with Crippen molar-refractivity contribution in [3.8, 4) is 0 Å². The molecule has 1 aromatic carbocycles. The number of H-pyrrole nitrogens is 2. The van der Waals surface area contributed by atoms with Crippen LogP contribution in [0.25, 0.3) is 0 Å². The van der Waals surface area contributed by atoms with Crippen molar-refractivity contribution in [2.75, 3.05) is 0 Å². The molecule has 0 bridgehead atoms. The van der Waals surface area contributed by atoms with Gasteiger partial charge in [-0.1, -0.05) is 30.3 Å². The van der Waals surface area contributed by atoms with Gasteiger partial charge in [-0.2, -0.15) is 5.10 Å². The summed E-state index contributed by atoms with van der Waals surface area (Å²) in [5.41, 5.74) is 0.333. The fourth-order valence-corrected chi connectivity index (χ4v) is 2.38. The van der Waals surface area contributed by atoms with E-state index in [2.05, 4.69) is 19.9 Å². The van der Waals surface area contributed by atoms with Crippen molar-refractivity contribution in [3.63, 3.8) is 0 Å². The van der Waals surface area contributed by atoms with Crippen LogP contribution in [0.2, 0.25) is 0 Å². The molecule has 1 heterocycles. The van der Waals surface area contributed by atoms with Gasteiger partial charge in [-0.3, -0.25) is 4.98 Å². The summed E-state index contributed by atoms with van der Waals surface area (Å²) < 4.78 is 25.8. The molecule has 0 unspecified atom stereocenters. The zero-order valence-electron chi connectivity index (χ0n) is 9.38. The van der Waals surface area contributed by atoms with Gasteiger partial charge in [0.1, 0.15) is 11.6 Å². The number of hydrogen-bond donors (Lipinski definition) is 3. The highest BCUT2D eigenvalue weighted by molar-refractivity contribution is 7.88. The summed E-state index contributed by atoms with van der Waals surface area (Å²) in [6.45, 7) is 0.206. The molecule has 0 aliphatic carbocycles. The Labute approximate surface area is 103 Å². The van der Waals surface area contributed by atoms with Gasteiger partial charge in [0.25, 0.3) is 0 Å².